The molecule has 1 unspecified atom stereocenters. The van der Waals surface area contributed by atoms with Gasteiger partial charge in [-0.1, -0.05) is 19.1 Å². The number of rotatable bonds is 7. The molecule has 1 aromatic rings. The first-order valence-electron chi connectivity index (χ1n) is 7.20. The van der Waals surface area contributed by atoms with E-state index >= 15 is 0 Å². The molecule has 1 atom stereocenters. The standard InChI is InChI=1S/C15H24N2O3S/c1-4-12(3)17(5-2)15(18)11-8-13-6-9-14(10-7-13)21(16,19)20/h6-7,9-10,12H,4-5,8,11H2,1-3H3,(H2,16,19,20). The van der Waals surface area contributed by atoms with E-state index in [2.05, 4.69) is 6.92 Å². The fraction of sp³-hybridized carbons (Fsp3) is 0.533. The summed E-state index contributed by atoms with van der Waals surface area (Å²) in [6.45, 7) is 6.79. The lowest BCUT2D eigenvalue weighted by atomic mass is 10.1. The monoisotopic (exact) mass is 312 g/mol. The Morgan fingerprint density at radius 3 is 2.24 bits per heavy atom. The van der Waals surface area contributed by atoms with Crippen molar-refractivity contribution in [2.24, 2.45) is 5.14 Å². The van der Waals surface area contributed by atoms with Gasteiger partial charge in [-0.15, -0.1) is 0 Å². The number of primary sulfonamides is 1. The predicted octanol–water partition coefficient (Wildman–Crippen LogP) is 1.91. The Labute approximate surface area is 127 Å². The first-order chi connectivity index (χ1) is 9.79. The third kappa shape index (κ3) is 5.13. The van der Waals surface area contributed by atoms with Gasteiger partial charge >= 0.3 is 0 Å². The Hall–Kier alpha value is -1.40. The van der Waals surface area contributed by atoms with E-state index in [0.29, 0.717) is 19.4 Å². The summed E-state index contributed by atoms with van der Waals surface area (Å²) in [7, 11) is -3.66. The van der Waals surface area contributed by atoms with Gasteiger partial charge in [0, 0.05) is 19.0 Å². The summed E-state index contributed by atoms with van der Waals surface area (Å²) >= 11 is 0. The number of sulfonamides is 1. The molecule has 0 aliphatic heterocycles. The summed E-state index contributed by atoms with van der Waals surface area (Å²) in [6.07, 6.45) is 1.95. The molecule has 1 rings (SSSR count). The Morgan fingerprint density at radius 1 is 1.24 bits per heavy atom. The summed E-state index contributed by atoms with van der Waals surface area (Å²) in [5, 5.41) is 5.05. The summed E-state index contributed by atoms with van der Waals surface area (Å²) in [5.74, 6) is 0.127. The third-order valence-electron chi connectivity index (χ3n) is 3.66. The SMILES string of the molecule is CCC(C)N(CC)C(=O)CCc1ccc(S(N)(=O)=O)cc1. The molecule has 118 valence electrons. The second kappa shape index (κ2) is 7.56. The highest BCUT2D eigenvalue weighted by molar-refractivity contribution is 7.89. The van der Waals surface area contributed by atoms with Crippen LogP contribution >= 0.6 is 0 Å². The number of carbonyl (C=O) groups is 1. The van der Waals surface area contributed by atoms with Crippen molar-refractivity contribution in [3.63, 3.8) is 0 Å². The number of nitrogens with zero attached hydrogens (tertiary/aromatic N) is 1. The summed E-state index contributed by atoms with van der Waals surface area (Å²) in [4.78, 5) is 14.1. The molecule has 1 amide bonds. The lowest BCUT2D eigenvalue weighted by Crippen LogP contribution is -2.38. The largest absolute Gasteiger partial charge is 0.340 e. The molecule has 0 aliphatic carbocycles. The van der Waals surface area contributed by atoms with E-state index in [1.54, 1.807) is 12.1 Å². The van der Waals surface area contributed by atoms with Crippen LogP contribution < -0.4 is 5.14 Å². The van der Waals surface area contributed by atoms with E-state index in [4.69, 9.17) is 5.14 Å². The minimum atomic E-state index is -3.66. The molecule has 0 heterocycles. The number of aryl methyl sites for hydroxylation is 1. The van der Waals surface area contributed by atoms with Gasteiger partial charge in [0.1, 0.15) is 0 Å². The molecular weight excluding hydrogens is 288 g/mol. The van der Waals surface area contributed by atoms with Crippen LogP contribution in [0.5, 0.6) is 0 Å². The molecule has 2 N–H and O–H groups in total. The number of carbonyl (C=O) groups excluding carboxylic acids is 1. The van der Waals surface area contributed by atoms with Gasteiger partial charge in [0.25, 0.3) is 0 Å². The normalized spacial score (nSPS) is 13.0. The minimum absolute atomic E-state index is 0.0902. The minimum Gasteiger partial charge on any atom is -0.340 e. The van der Waals surface area contributed by atoms with Crippen molar-refractivity contribution < 1.29 is 13.2 Å². The second-order valence-corrected chi connectivity index (χ2v) is 6.69. The lowest BCUT2D eigenvalue weighted by Gasteiger charge is -2.27. The molecular formula is C15H24N2O3S. The summed E-state index contributed by atoms with van der Waals surface area (Å²) in [5.41, 5.74) is 0.927. The van der Waals surface area contributed by atoms with Gasteiger partial charge in [-0.25, -0.2) is 13.6 Å². The number of hydrogen-bond donors (Lipinski definition) is 1. The quantitative estimate of drug-likeness (QED) is 0.835. The number of benzene rings is 1. The lowest BCUT2D eigenvalue weighted by molar-refractivity contribution is -0.133. The summed E-state index contributed by atoms with van der Waals surface area (Å²) in [6, 6.07) is 6.59. The van der Waals surface area contributed by atoms with Crippen LogP contribution in [0.1, 0.15) is 39.2 Å². The van der Waals surface area contributed by atoms with Gasteiger partial charge in [0.2, 0.25) is 15.9 Å². The van der Waals surface area contributed by atoms with Crippen molar-refractivity contribution in [3.05, 3.63) is 29.8 Å². The van der Waals surface area contributed by atoms with Crippen LogP contribution in [0.15, 0.2) is 29.2 Å². The van der Waals surface area contributed by atoms with E-state index in [-0.39, 0.29) is 16.8 Å². The maximum Gasteiger partial charge on any atom is 0.238 e. The second-order valence-electron chi connectivity index (χ2n) is 5.13. The molecule has 5 nitrogen and oxygen atoms in total. The molecule has 0 saturated carbocycles. The van der Waals surface area contributed by atoms with Crippen LogP contribution in [-0.2, 0) is 21.2 Å². The van der Waals surface area contributed by atoms with Gasteiger partial charge in [-0.3, -0.25) is 4.79 Å². The van der Waals surface area contributed by atoms with Gasteiger partial charge in [-0.2, -0.15) is 0 Å². The highest BCUT2D eigenvalue weighted by Crippen LogP contribution is 2.12. The van der Waals surface area contributed by atoms with Crippen LogP contribution in [0.4, 0.5) is 0 Å². The first kappa shape index (κ1) is 17.7. The molecule has 0 spiro atoms. The van der Waals surface area contributed by atoms with E-state index in [9.17, 15) is 13.2 Å². The fourth-order valence-corrected chi connectivity index (χ4v) is 2.71. The first-order valence-corrected chi connectivity index (χ1v) is 8.75. The van der Waals surface area contributed by atoms with E-state index < -0.39 is 10.0 Å². The molecule has 0 saturated heterocycles. The molecule has 1 aromatic carbocycles. The third-order valence-corrected chi connectivity index (χ3v) is 4.59. The molecule has 0 aromatic heterocycles. The van der Waals surface area contributed by atoms with E-state index in [1.165, 1.54) is 12.1 Å². The van der Waals surface area contributed by atoms with Gasteiger partial charge < -0.3 is 4.90 Å². The van der Waals surface area contributed by atoms with Crippen LogP contribution in [0.2, 0.25) is 0 Å². The topological polar surface area (TPSA) is 80.5 Å². The molecule has 0 fully saturated rings. The number of hydrogen-bond acceptors (Lipinski definition) is 3. The van der Waals surface area contributed by atoms with Crippen LogP contribution in [0, 0.1) is 0 Å². The van der Waals surface area contributed by atoms with Crippen LogP contribution in [-0.4, -0.2) is 31.8 Å². The molecule has 6 heteroatoms. The van der Waals surface area contributed by atoms with Crippen LogP contribution in [0.25, 0.3) is 0 Å². The zero-order valence-corrected chi connectivity index (χ0v) is 13.7. The van der Waals surface area contributed by atoms with E-state index in [0.717, 1.165) is 12.0 Å². The predicted molar refractivity (Wildman–Crippen MR) is 83.3 cm³/mol. The zero-order valence-electron chi connectivity index (χ0n) is 12.9. The number of nitrogens with two attached hydrogens (primary N) is 1. The Kier molecular flexibility index (Phi) is 6.36. The van der Waals surface area contributed by atoms with Crippen molar-refractivity contribution >= 4 is 15.9 Å². The molecule has 0 bridgehead atoms. The Bertz CT molecular complexity index is 567. The van der Waals surface area contributed by atoms with Crippen molar-refractivity contribution in [1.82, 2.24) is 4.90 Å². The summed E-state index contributed by atoms with van der Waals surface area (Å²) < 4.78 is 22.3. The van der Waals surface area contributed by atoms with Crippen molar-refractivity contribution in [3.8, 4) is 0 Å². The Balaban J connectivity index is 2.65. The molecule has 21 heavy (non-hydrogen) atoms. The number of amides is 1. The van der Waals surface area contributed by atoms with Crippen molar-refractivity contribution in [1.29, 1.82) is 0 Å². The van der Waals surface area contributed by atoms with Crippen molar-refractivity contribution in [2.75, 3.05) is 6.54 Å². The molecule has 0 radical (unpaired) electrons. The zero-order chi connectivity index (χ0) is 16.0. The van der Waals surface area contributed by atoms with E-state index in [1.807, 2.05) is 18.7 Å². The Morgan fingerprint density at radius 2 is 1.81 bits per heavy atom. The average molecular weight is 312 g/mol. The smallest absolute Gasteiger partial charge is 0.238 e. The maximum absolute atomic E-state index is 12.2. The van der Waals surface area contributed by atoms with Crippen LogP contribution in [0.3, 0.4) is 0 Å². The van der Waals surface area contributed by atoms with Crippen molar-refractivity contribution in [2.45, 2.75) is 51.0 Å². The van der Waals surface area contributed by atoms with Gasteiger partial charge in [0.15, 0.2) is 0 Å². The highest BCUT2D eigenvalue weighted by Gasteiger charge is 2.16. The van der Waals surface area contributed by atoms with Gasteiger partial charge in [0.05, 0.1) is 4.90 Å². The fourth-order valence-electron chi connectivity index (χ4n) is 2.19. The van der Waals surface area contributed by atoms with Gasteiger partial charge in [-0.05, 0) is 44.4 Å². The highest BCUT2D eigenvalue weighted by atomic mass is 32.2. The maximum atomic E-state index is 12.2. The average Bonchev–Trinajstić information content (AvgIpc) is 2.45. The molecule has 0 aliphatic rings.